The molecule has 1 aliphatic rings. The fourth-order valence-electron chi connectivity index (χ4n) is 2.43. The van der Waals surface area contributed by atoms with Gasteiger partial charge < -0.3 is 10.5 Å². The summed E-state index contributed by atoms with van der Waals surface area (Å²) in [6.45, 7) is 6.25. The number of nitrogens with zero attached hydrogens (tertiary/aromatic N) is 1. The van der Waals surface area contributed by atoms with E-state index in [1.165, 1.54) is 0 Å². The SMILES string of the molecule is CC(C)(C)OC(=O)N1CC[C@@H](N)[C@@H]1c1ccc(Br)cc1. The van der Waals surface area contributed by atoms with Crippen LogP contribution in [0.3, 0.4) is 0 Å². The fourth-order valence-corrected chi connectivity index (χ4v) is 2.69. The Balaban J connectivity index is 2.20. The van der Waals surface area contributed by atoms with Crippen molar-refractivity contribution in [3.05, 3.63) is 34.3 Å². The van der Waals surface area contributed by atoms with Gasteiger partial charge in [-0.2, -0.15) is 0 Å². The Hall–Kier alpha value is -1.07. The molecule has 0 saturated carbocycles. The Kier molecular flexibility index (Phi) is 4.39. The predicted molar refractivity (Wildman–Crippen MR) is 82.4 cm³/mol. The number of carbonyl (C=O) groups excluding carboxylic acids is 1. The minimum absolute atomic E-state index is 0.0521. The molecule has 0 bridgehead atoms. The normalized spacial score (nSPS) is 22.9. The van der Waals surface area contributed by atoms with Crippen molar-refractivity contribution in [3.8, 4) is 0 Å². The first-order valence-electron chi connectivity index (χ1n) is 6.78. The summed E-state index contributed by atoms with van der Waals surface area (Å²) in [7, 11) is 0. The van der Waals surface area contributed by atoms with E-state index in [1.54, 1.807) is 4.90 Å². The van der Waals surface area contributed by atoms with Gasteiger partial charge in [0.1, 0.15) is 5.60 Å². The lowest BCUT2D eigenvalue weighted by Crippen LogP contribution is -2.39. The quantitative estimate of drug-likeness (QED) is 0.851. The number of nitrogens with two attached hydrogens (primary N) is 1. The smallest absolute Gasteiger partial charge is 0.410 e. The van der Waals surface area contributed by atoms with Gasteiger partial charge in [0.2, 0.25) is 0 Å². The minimum atomic E-state index is -0.492. The number of benzene rings is 1. The van der Waals surface area contributed by atoms with E-state index in [9.17, 15) is 4.79 Å². The lowest BCUT2D eigenvalue weighted by molar-refractivity contribution is 0.0218. The number of amides is 1. The molecular weight excluding hydrogens is 320 g/mol. The summed E-state index contributed by atoms with van der Waals surface area (Å²) < 4.78 is 6.48. The molecule has 0 radical (unpaired) electrons. The van der Waals surface area contributed by atoms with Gasteiger partial charge in [0.25, 0.3) is 0 Å². The van der Waals surface area contributed by atoms with E-state index in [1.807, 2.05) is 45.0 Å². The summed E-state index contributed by atoms with van der Waals surface area (Å²) in [6, 6.07) is 7.76. The van der Waals surface area contributed by atoms with Crippen molar-refractivity contribution in [1.82, 2.24) is 4.90 Å². The molecule has 4 nitrogen and oxygen atoms in total. The minimum Gasteiger partial charge on any atom is -0.444 e. The lowest BCUT2D eigenvalue weighted by atomic mass is 10.0. The highest BCUT2D eigenvalue weighted by Gasteiger charge is 2.38. The third-order valence-corrected chi connectivity index (χ3v) is 3.81. The van der Waals surface area contributed by atoms with E-state index in [4.69, 9.17) is 10.5 Å². The summed E-state index contributed by atoms with van der Waals surface area (Å²) in [6.07, 6.45) is 0.498. The molecule has 1 aromatic rings. The Morgan fingerprint density at radius 2 is 1.95 bits per heavy atom. The summed E-state index contributed by atoms with van der Waals surface area (Å²) in [4.78, 5) is 14.0. The average Bonchev–Trinajstić information content (AvgIpc) is 2.70. The molecule has 1 heterocycles. The molecule has 2 N–H and O–H groups in total. The zero-order chi connectivity index (χ0) is 14.9. The van der Waals surface area contributed by atoms with Crippen LogP contribution < -0.4 is 5.73 Å². The van der Waals surface area contributed by atoms with Crippen LogP contribution in [0, 0.1) is 0 Å². The number of carbonyl (C=O) groups is 1. The van der Waals surface area contributed by atoms with Crippen LogP contribution in [0.15, 0.2) is 28.7 Å². The van der Waals surface area contributed by atoms with Crippen molar-refractivity contribution in [2.24, 2.45) is 5.73 Å². The molecule has 110 valence electrons. The van der Waals surface area contributed by atoms with E-state index in [0.29, 0.717) is 6.54 Å². The molecule has 1 amide bonds. The maximum atomic E-state index is 12.3. The Morgan fingerprint density at radius 1 is 1.35 bits per heavy atom. The molecule has 0 spiro atoms. The molecular formula is C15H21BrN2O2. The molecule has 1 aromatic carbocycles. The molecule has 2 rings (SSSR count). The molecule has 1 saturated heterocycles. The van der Waals surface area contributed by atoms with Crippen molar-refractivity contribution in [3.63, 3.8) is 0 Å². The Labute approximate surface area is 128 Å². The van der Waals surface area contributed by atoms with Gasteiger partial charge in [0, 0.05) is 17.1 Å². The molecule has 1 aliphatic heterocycles. The summed E-state index contributed by atoms with van der Waals surface area (Å²) in [5.41, 5.74) is 6.73. The van der Waals surface area contributed by atoms with Crippen molar-refractivity contribution in [2.45, 2.75) is 44.9 Å². The topological polar surface area (TPSA) is 55.6 Å². The predicted octanol–water partition coefficient (Wildman–Crippen LogP) is 3.46. The van der Waals surface area contributed by atoms with E-state index in [0.717, 1.165) is 16.5 Å². The van der Waals surface area contributed by atoms with Crippen LogP contribution >= 0.6 is 15.9 Å². The van der Waals surface area contributed by atoms with E-state index in [-0.39, 0.29) is 18.2 Å². The van der Waals surface area contributed by atoms with Crippen LogP contribution in [0.25, 0.3) is 0 Å². The standard InChI is InChI=1S/C15H21BrN2O2/c1-15(2,3)20-14(19)18-9-8-12(17)13(18)10-4-6-11(16)7-5-10/h4-7,12-13H,8-9,17H2,1-3H3/t12-,13+/m1/s1. The van der Waals surface area contributed by atoms with E-state index >= 15 is 0 Å². The van der Waals surface area contributed by atoms with Crippen LogP contribution in [0.2, 0.25) is 0 Å². The largest absolute Gasteiger partial charge is 0.444 e. The van der Waals surface area contributed by atoms with Crippen molar-refractivity contribution in [1.29, 1.82) is 0 Å². The molecule has 1 fully saturated rings. The summed E-state index contributed by atoms with van der Waals surface area (Å²) >= 11 is 3.42. The van der Waals surface area contributed by atoms with Gasteiger partial charge in [-0.25, -0.2) is 4.79 Å². The molecule has 0 unspecified atom stereocenters. The molecule has 0 aliphatic carbocycles. The van der Waals surface area contributed by atoms with Crippen LogP contribution in [-0.4, -0.2) is 29.2 Å². The average molecular weight is 341 g/mol. The van der Waals surface area contributed by atoms with Crippen LogP contribution in [0.4, 0.5) is 4.79 Å². The first kappa shape index (κ1) is 15.3. The highest BCUT2D eigenvalue weighted by Crippen LogP contribution is 2.33. The number of halogens is 1. The maximum absolute atomic E-state index is 12.3. The monoisotopic (exact) mass is 340 g/mol. The van der Waals surface area contributed by atoms with Gasteiger partial charge in [-0.15, -0.1) is 0 Å². The Morgan fingerprint density at radius 3 is 2.50 bits per heavy atom. The number of hydrogen-bond acceptors (Lipinski definition) is 3. The molecule has 2 atom stereocenters. The molecule has 20 heavy (non-hydrogen) atoms. The second-order valence-electron chi connectivity index (χ2n) is 6.12. The van der Waals surface area contributed by atoms with Gasteiger partial charge in [-0.1, -0.05) is 28.1 Å². The third kappa shape index (κ3) is 3.52. The van der Waals surface area contributed by atoms with Crippen LogP contribution in [-0.2, 0) is 4.74 Å². The third-order valence-electron chi connectivity index (χ3n) is 3.28. The Bertz CT molecular complexity index is 482. The van der Waals surface area contributed by atoms with Crippen molar-refractivity contribution >= 4 is 22.0 Å². The van der Waals surface area contributed by atoms with Gasteiger partial charge in [-0.05, 0) is 44.9 Å². The summed E-state index contributed by atoms with van der Waals surface area (Å²) in [5, 5.41) is 0. The molecule has 5 heteroatoms. The molecule has 0 aromatic heterocycles. The number of ether oxygens (including phenoxy) is 1. The lowest BCUT2D eigenvalue weighted by Gasteiger charge is -2.30. The second-order valence-corrected chi connectivity index (χ2v) is 7.04. The highest BCUT2D eigenvalue weighted by atomic mass is 79.9. The first-order valence-corrected chi connectivity index (χ1v) is 7.58. The van der Waals surface area contributed by atoms with Gasteiger partial charge in [-0.3, -0.25) is 4.90 Å². The van der Waals surface area contributed by atoms with Crippen LogP contribution in [0.5, 0.6) is 0 Å². The zero-order valence-electron chi connectivity index (χ0n) is 12.1. The van der Waals surface area contributed by atoms with Crippen molar-refractivity contribution in [2.75, 3.05) is 6.54 Å². The van der Waals surface area contributed by atoms with Crippen LogP contribution in [0.1, 0.15) is 38.8 Å². The number of likely N-dealkylation sites (tertiary alicyclic amines) is 1. The van der Waals surface area contributed by atoms with E-state index < -0.39 is 5.60 Å². The second kappa shape index (κ2) is 5.74. The van der Waals surface area contributed by atoms with Gasteiger partial charge >= 0.3 is 6.09 Å². The van der Waals surface area contributed by atoms with Crippen molar-refractivity contribution < 1.29 is 9.53 Å². The number of rotatable bonds is 1. The first-order chi connectivity index (χ1) is 9.28. The fraction of sp³-hybridized carbons (Fsp3) is 0.533. The maximum Gasteiger partial charge on any atom is 0.410 e. The van der Waals surface area contributed by atoms with Gasteiger partial charge in [0.05, 0.1) is 6.04 Å². The summed E-state index contributed by atoms with van der Waals surface area (Å²) in [5.74, 6) is 0. The van der Waals surface area contributed by atoms with E-state index in [2.05, 4.69) is 15.9 Å². The highest BCUT2D eigenvalue weighted by molar-refractivity contribution is 9.10. The van der Waals surface area contributed by atoms with Gasteiger partial charge in [0.15, 0.2) is 0 Å². The number of hydrogen-bond donors (Lipinski definition) is 1. The zero-order valence-corrected chi connectivity index (χ0v) is 13.7.